The van der Waals surface area contributed by atoms with E-state index in [1.165, 1.54) is 7.11 Å². The van der Waals surface area contributed by atoms with Crippen molar-refractivity contribution in [2.45, 2.75) is 37.3 Å². The number of morpholine rings is 1. The topological polar surface area (TPSA) is 98.2 Å². The van der Waals surface area contributed by atoms with Crippen molar-refractivity contribution in [1.29, 1.82) is 0 Å². The van der Waals surface area contributed by atoms with Crippen LogP contribution in [0.15, 0.2) is 24.4 Å². The van der Waals surface area contributed by atoms with Gasteiger partial charge in [-0.05, 0) is 18.9 Å². The number of carbonyl (C=O) groups is 2. The maximum Gasteiger partial charge on any atom is 0.490 e. The molecule has 11 heteroatoms. The Labute approximate surface area is 159 Å². The molecule has 28 heavy (non-hydrogen) atoms. The van der Waals surface area contributed by atoms with E-state index in [1.54, 1.807) is 6.20 Å². The number of nitrogens with zero attached hydrogens (tertiary/aromatic N) is 2. The molecule has 2 aliphatic rings. The van der Waals surface area contributed by atoms with Gasteiger partial charge >= 0.3 is 12.1 Å². The van der Waals surface area contributed by atoms with Gasteiger partial charge in [0.15, 0.2) is 0 Å². The summed E-state index contributed by atoms with van der Waals surface area (Å²) in [5.41, 5.74) is 0. The van der Waals surface area contributed by atoms with E-state index in [0.29, 0.717) is 19.0 Å². The molecule has 1 aliphatic carbocycles. The summed E-state index contributed by atoms with van der Waals surface area (Å²) < 4.78 is 48.5. The number of hydrogen-bond acceptors (Lipinski definition) is 6. The van der Waals surface area contributed by atoms with Crippen LogP contribution in [-0.4, -0.2) is 78.2 Å². The molecule has 0 unspecified atom stereocenters. The van der Waals surface area contributed by atoms with E-state index in [0.717, 1.165) is 12.8 Å². The summed E-state index contributed by atoms with van der Waals surface area (Å²) in [6, 6.07) is 5.66. The van der Waals surface area contributed by atoms with Gasteiger partial charge in [-0.1, -0.05) is 6.07 Å². The summed E-state index contributed by atoms with van der Waals surface area (Å²) in [5.74, 6) is -2.13. The van der Waals surface area contributed by atoms with Gasteiger partial charge in [0, 0.05) is 25.9 Å². The van der Waals surface area contributed by atoms with E-state index in [9.17, 15) is 18.0 Å². The van der Waals surface area contributed by atoms with Gasteiger partial charge in [0.1, 0.15) is 18.8 Å². The summed E-state index contributed by atoms with van der Waals surface area (Å²) in [6.45, 7) is 1.29. The normalized spacial score (nSPS) is 24.0. The number of carboxylic acid groups (broad SMARTS) is 1. The van der Waals surface area contributed by atoms with Crippen molar-refractivity contribution in [2.24, 2.45) is 0 Å². The number of alkyl halides is 3. The molecule has 156 valence electrons. The van der Waals surface area contributed by atoms with Crippen LogP contribution in [0.5, 0.6) is 5.88 Å². The van der Waals surface area contributed by atoms with E-state index < -0.39 is 12.1 Å². The van der Waals surface area contributed by atoms with Crippen molar-refractivity contribution < 1.29 is 42.1 Å². The zero-order valence-corrected chi connectivity index (χ0v) is 15.1. The highest BCUT2D eigenvalue weighted by atomic mass is 19.4. The molecule has 2 heterocycles. The first kappa shape index (κ1) is 21.9. The molecule has 0 radical (unpaired) electrons. The Morgan fingerprint density at radius 2 is 2.07 bits per heavy atom. The highest BCUT2D eigenvalue weighted by Gasteiger charge is 2.45. The average Bonchev–Trinajstić information content (AvgIpc) is 3.05. The fourth-order valence-electron chi connectivity index (χ4n) is 3.13. The van der Waals surface area contributed by atoms with Crippen LogP contribution in [0.4, 0.5) is 13.2 Å². The Balaban J connectivity index is 0.000000345. The number of fused-ring (bicyclic) bond motifs is 1. The van der Waals surface area contributed by atoms with Gasteiger partial charge in [0.05, 0.1) is 12.6 Å². The molecule has 3 rings (SSSR count). The predicted molar refractivity (Wildman–Crippen MR) is 88.7 cm³/mol. The number of ether oxygens (including phenoxy) is 3. The predicted octanol–water partition coefficient (Wildman–Crippen LogP) is 1.50. The Kier molecular flexibility index (Phi) is 7.58. The van der Waals surface area contributed by atoms with Gasteiger partial charge in [0.2, 0.25) is 11.8 Å². The number of amides is 1. The summed E-state index contributed by atoms with van der Waals surface area (Å²) in [4.78, 5) is 27.1. The zero-order chi connectivity index (χ0) is 20.7. The van der Waals surface area contributed by atoms with Gasteiger partial charge in [0.25, 0.3) is 0 Å². The molecule has 1 aliphatic heterocycles. The van der Waals surface area contributed by atoms with Crippen LogP contribution < -0.4 is 4.74 Å². The summed E-state index contributed by atoms with van der Waals surface area (Å²) in [6.07, 6.45) is -1.76. The van der Waals surface area contributed by atoms with Crippen LogP contribution >= 0.6 is 0 Å². The molecule has 8 nitrogen and oxygen atoms in total. The Morgan fingerprint density at radius 3 is 2.64 bits per heavy atom. The number of carbonyl (C=O) groups excluding carboxylic acids is 1. The SMILES string of the molecule is COCC(=O)N1CCO[C@H]2[C@H](Oc3ccccn3)CC[C@@H]21.O=C(O)C(F)(F)F. The van der Waals surface area contributed by atoms with Crippen LogP contribution in [0, 0.1) is 0 Å². The third-order valence-electron chi connectivity index (χ3n) is 4.28. The average molecular weight is 406 g/mol. The van der Waals surface area contributed by atoms with Crippen molar-refractivity contribution in [2.75, 3.05) is 26.9 Å². The van der Waals surface area contributed by atoms with Crippen molar-refractivity contribution in [3.63, 3.8) is 0 Å². The van der Waals surface area contributed by atoms with Crippen molar-refractivity contribution in [3.8, 4) is 5.88 Å². The maximum atomic E-state index is 12.1. The maximum absolute atomic E-state index is 12.1. The minimum atomic E-state index is -5.08. The molecule has 1 amide bonds. The van der Waals surface area contributed by atoms with Gasteiger partial charge in [-0.15, -0.1) is 0 Å². The lowest BCUT2D eigenvalue weighted by Gasteiger charge is -2.38. The molecule has 0 spiro atoms. The zero-order valence-electron chi connectivity index (χ0n) is 15.1. The lowest BCUT2D eigenvalue weighted by atomic mass is 10.1. The smallest absolute Gasteiger partial charge is 0.475 e. The molecule has 2 fully saturated rings. The third kappa shape index (κ3) is 5.80. The largest absolute Gasteiger partial charge is 0.490 e. The second-order valence-electron chi connectivity index (χ2n) is 6.13. The highest BCUT2D eigenvalue weighted by Crippen LogP contribution is 2.32. The number of aliphatic carboxylic acids is 1. The molecule has 1 aromatic heterocycles. The second kappa shape index (κ2) is 9.69. The molecule has 1 saturated heterocycles. The number of carboxylic acids is 1. The standard InChI is InChI=1S/C15H20N2O4.C2HF3O2/c1-19-10-14(18)17-8-9-20-15-11(17)5-6-12(15)21-13-4-2-3-7-16-13;3-2(4,5)1(6)7/h2-4,7,11-12,15H,5-6,8-10H2,1H3;(H,6,7)/t11-,12+,15+;/m0./s1. The van der Waals surface area contributed by atoms with E-state index in [-0.39, 0.29) is 30.8 Å². The first-order chi connectivity index (χ1) is 13.2. The minimum absolute atomic E-state index is 0.0225. The molecule has 0 bridgehead atoms. The van der Waals surface area contributed by atoms with E-state index in [4.69, 9.17) is 24.1 Å². The summed E-state index contributed by atoms with van der Waals surface area (Å²) in [5, 5.41) is 7.12. The van der Waals surface area contributed by atoms with E-state index >= 15 is 0 Å². The summed E-state index contributed by atoms with van der Waals surface area (Å²) in [7, 11) is 1.54. The number of rotatable bonds is 4. The molecule has 3 atom stereocenters. The van der Waals surface area contributed by atoms with Crippen molar-refractivity contribution >= 4 is 11.9 Å². The van der Waals surface area contributed by atoms with E-state index in [2.05, 4.69) is 4.98 Å². The molecule has 1 saturated carbocycles. The van der Waals surface area contributed by atoms with Crippen molar-refractivity contribution in [1.82, 2.24) is 9.88 Å². The first-order valence-electron chi connectivity index (χ1n) is 8.52. The van der Waals surface area contributed by atoms with Gasteiger partial charge in [-0.25, -0.2) is 9.78 Å². The quantitative estimate of drug-likeness (QED) is 0.809. The number of aromatic nitrogens is 1. The van der Waals surface area contributed by atoms with E-state index in [1.807, 2.05) is 23.1 Å². The second-order valence-corrected chi connectivity index (χ2v) is 6.13. The van der Waals surface area contributed by atoms with Crippen LogP contribution in [-0.2, 0) is 19.1 Å². The van der Waals surface area contributed by atoms with Crippen LogP contribution in [0.25, 0.3) is 0 Å². The number of pyridine rings is 1. The van der Waals surface area contributed by atoms with Crippen LogP contribution in [0.1, 0.15) is 12.8 Å². The Hall–Kier alpha value is -2.40. The third-order valence-corrected chi connectivity index (χ3v) is 4.28. The minimum Gasteiger partial charge on any atom is -0.475 e. The molecular weight excluding hydrogens is 385 g/mol. The Morgan fingerprint density at radius 1 is 1.36 bits per heavy atom. The fourth-order valence-corrected chi connectivity index (χ4v) is 3.13. The van der Waals surface area contributed by atoms with Crippen LogP contribution in [0.3, 0.4) is 0 Å². The van der Waals surface area contributed by atoms with Crippen molar-refractivity contribution in [3.05, 3.63) is 24.4 Å². The van der Waals surface area contributed by atoms with Gasteiger partial charge in [-0.3, -0.25) is 4.79 Å². The van der Waals surface area contributed by atoms with Crippen LogP contribution in [0.2, 0.25) is 0 Å². The number of methoxy groups -OCH3 is 1. The van der Waals surface area contributed by atoms with Gasteiger partial charge < -0.3 is 24.2 Å². The Bertz CT molecular complexity index is 658. The first-order valence-corrected chi connectivity index (χ1v) is 8.52. The molecule has 0 aromatic carbocycles. The summed E-state index contributed by atoms with van der Waals surface area (Å²) >= 11 is 0. The van der Waals surface area contributed by atoms with Gasteiger partial charge in [-0.2, -0.15) is 13.2 Å². The number of halogens is 3. The molecular formula is C17H21F3N2O6. The lowest BCUT2D eigenvalue weighted by molar-refractivity contribution is -0.192. The molecule has 1 N–H and O–H groups in total. The fraction of sp³-hybridized carbons (Fsp3) is 0.588. The molecule has 1 aromatic rings. The lowest BCUT2D eigenvalue weighted by Crippen LogP contribution is -2.55. The number of hydrogen-bond donors (Lipinski definition) is 1. The monoisotopic (exact) mass is 406 g/mol. The highest BCUT2D eigenvalue weighted by molar-refractivity contribution is 5.78.